The SMILES string of the molecule is O=[N+]([O-])c1ccc2c(c1)Oc1c(Br)c3c(c(Br)c1=N2)Oc1ccccc1N=3. The lowest BCUT2D eigenvalue weighted by atomic mass is 10.2. The second-order valence-corrected chi connectivity index (χ2v) is 7.37. The van der Waals surface area contributed by atoms with Crippen LogP contribution in [0, 0.1) is 10.1 Å². The molecule has 0 aromatic heterocycles. The summed E-state index contributed by atoms with van der Waals surface area (Å²) in [6.45, 7) is 0. The van der Waals surface area contributed by atoms with Crippen LogP contribution in [0.15, 0.2) is 61.4 Å². The Labute approximate surface area is 168 Å². The predicted octanol–water partition coefficient (Wildman–Crippen LogP) is 5.23. The van der Waals surface area contributed by atoms with E-state index < -0.39 is 4.92 Å². The van der Waals surface area contributed by atoms with E-state index in [1.807, 2.05) is 24.3 Å². The molecule has 7 nitrogen and oxygen atoms in total. The zero-order valence-electron chi connectivity index (χ0n) is 13.3. The summed E-state index contributed by atoms with van der Waals surface area (Å²) in [5, 5.41) is 12.1. The van der Waals surface area contributed by atoms with Crippen LogP contribution in [0.2, 0.25) is 0 Å². The molecule has 0 N–H and O–H groups in total. The van der Waals surface area contributed by atoms with Crippen LogP contribution >= 0.6 is 31.9 Å². The van der Waals surface area contributed by atoms with E-state index in [2.05, 4.69) is 41.8 Å². The van der Waals surface area contributed by atoms with Crippen molar-refractivity contribution in [3.05, 3.63) is 72.2 Å². The minimum absolute atomic E-state index is 0.0671. The van der Waals surface area contributed by atoms with Gasteiger partial charge in [0.25, 0.3) is 5.69 Å². The Kier molecular flexibility index (Phi) is 3.56. The van der Waals surface area contributed by atoms with Crippen molar-refractivity contribution < 1.29 is 14.4 Å². The highest BCUT2D eigenvalue weighted by atomic mass is 79.9. The van der Waals surface area contributed by atoms with Crippen LogP contribution in [0.3, 0.4) is 0 Å². The highest BCUT2D eigenvalue weighted by Crippen LogP contribution is 2.43. The fourth-order valence-electron chi connectivity index (χ4n) is 2.90. The van der Waals surface area contributed by atoms with Gasteiger partial charge in [0.2, 0.25) is 0 Å². The van der Waals surface area contributed by atoms with Crippen LogP contribution in [0.25, 0.3) is 0 Å². The van der Waals surface area contributed by atoms with Crippen LogP contribution in [-0.4, -0.2) is 4.92 Å². The Morgan fingerprint density at radius 2 is 1.44 bits per heavy atom. The normalized spacial score (nSPS) is 12.8. The first kappa shape index (κ1) is 16.4. The summed E-state index contributed by atoms with van der Waals surface area (Å²) in [7, 11) is 0. The maximum absolute atomic E-state index is 11.0. The van der Waals surface area contributed by atoms with Crippen molar-refractivity contribution in [2.24, 2.45) is 9.98 Å². The van der Waals surface area contributed by atoms with Crippen LogP contribution in [0.4, 0.5) is 17.1 Å². The number of nitro benzene ring substituents is 1. The molecule has 0 saturated carbocycles. The molecule has 0 fully saturated rings. The molecule has 0 saturated heterocycles. The van der Waals surface area contributed by atoms with Gasteiger partial charge in [0.1, 0.15) is 22.1 Å². The lowest BCUT2D eigenvalue weighted by Gasteiger charge is -2.20. The van der Waals surface area contributed by atoms with Crippen molar-refractivity contribution >= 4 is 48.9 Å². The summed E-state index contributed by atoms with van der Waals surface area (Å²) in [6.07, 6.45) is 0. The lowest BCUT2D eigenvalue weighted by Crippen LogP contribution is -2.22. The van der Waals surface area contributed by atoms with E-state index in [0.29, 0.717) is 54.0 Å². The van der Waals surface area contributed by atoms with Gasteiger partial charge in [-0.25, -0.2) is 9.98 Å². The molecule has 5 rings (SSSR count). The van der Waals surface area contributed by atoms with Crippen molar-refractivity contribution in [3.63, 3.8) is 0 Å². The molecule has 132 valence electrons. The average Bonchev–Trinajstić information content (AvgIpc) is 2.69. The quantitative estimate of drug-likeness (QED) is 0.238. The van der Waals surface area contributed by atoms with E-state index in [4.69, 9.17) is 9.47 Å². The van der Waals surface area contributed by atoms with Gasteiger partial charge in [0, 0.05) is 6.07 Å². The Bertz CT molecular complexity index is 1290. The Morgan fingerprint density at radius 1 is 0.852 bits per heavy atom. The minimum atomic E-state index is -0.475. The number of ether oxygens (including phenoxy) is 2. The monoisotopic (exact) mass is 487 g/mol. The summed E-state index contributed by atoms with van der Waals surface area (Å²) in [5.41, 5.74) is 1.12. The van der Waals surface area contributed by atoms with Gasteiger partial charge < -0.3 is 9.47 Å². The first-order chi connectivity index (χ1) is 13.0. The third kappa shape index (κ3) is 2.46. The number of rotatable bonds is 1. The smallest absolute Gasteiger partial charge is 0.273 e. The van der Waals surface area contributed by atoms with Gasteiger partial charge in [-0.2, -0.15) is 0 Å². The molecular weight excluding hydrogens is 482 g/mol. The highest BCUT2D eigenvalue weighted by Gasteiger charge is 2.27. The standard InChI is InChI=1S/C18H7Br2N3O4/c19-13-16-18(27-12-7-8(23(24)25)5-6-10(12)22-16)14(20)15-17(13)26-11-4-2-1-3-9(11)21-15/h1-7H. The number of hydrogen-bond donors (Lipinski definition) is 0. The van der Waals surface area contributed by atoms with Crippen LogP contribution in [0.5, 0.6) is 23.0 Å². The van der Waals surface area contributed by atoms with E-state index in [-0.39, 0.29) is 5.69 Å². The Morgan fingerprint density at radius 3 is 2.11 bits per heavy atom. The topological polar surface area (TPSA) is 86.3 Å². The second kappa shape index (κ2) is 5.86. The van der Waals surface area contributed by atoms with Crippen LogP contribution in [-0.2, 0) is 0 Å². The van der Waals surface area contributed by atoms with Crippen LogP contribution in [0.1, 0.15) is 0 Å². The van der Waals surface area contributed by atoms with E-state index in [1.165, 1.54) is 12.1 Å². The number of benzene rings is 3. The second-order valence-electron chi connectivity index (χ2n) is 5.79. The molecule has 9 heteroatoms. The zero-order chi connectivity index (χ0) is 18.7. The number of nitro groups is 1. The molecule has 0 unspecified atom stereocenters. The minimum Gasteiger partial charge on any atom is -0.451 e. The van der Waals surface area contributed by atoms with Crippen molar-refractivity contribution in [2.45, 2.75) is 0 Å². The highest BCUT2D eigenvalue weighted by molar-refractivity contribution is 9.11. The molecule has 0 radical (unpaired) electrons. The summed E-state index contributed by atoms with van der Waals surface area (Å²) >= 11 is 7.07. The number of para-hydroxylation sites is 2. The fraction of sp³-hybridized carbons (Fsp3) is 0. The molecule has 0 amide bonds. The number of fused-ring (bicyclic) bond motifs is 4. The first-order valence-corrected chi connectivity index (χ1v) is 9.33. The molecule has 0 atom stereocenters. The van der Waals surface area contributed by atoms with E-state index >= 15 is 0 Å². The molecule has 2 aliphatic heterocycles. The van der Waals surface area contributed by atoms with E-state index in [9.17, 15) is 10.1 Å². The van der Waals surface area contributed by atoms with Gasteiger partial charge in [-0.3, -0.25) is 10.1 Å². The van der Waals surface area contributed by atoms with Crippen molar-refractivity contribution in [3.8, 4) is 23.0 Å². The Balaban J connectivity index is 1.79. The van der Waals surface area contributed by atoms with E-state index in [0.717, 1.165) is 0 Å². The number of hydrogen-bond acceptors (Lipinski definition) is 6. The van der Waals surface area contributed by atoms with Gasteiger partial charge in [0.05, 0.1) is 19.9 Å². The van der Waals surface area contributed by atoms with Crippen molar-refractivity contribution in [1.82, 2.24) is 0 Å². The molecule has 3 aromatic rings. The van der Waals surface area contributed by atoms with Crippen molar-refractivity contribution in [2.75, 3.05) is 0 Å². The molecule has 0 bridgehead atoms. The summed E-state index contributed by atoms with van der Waals surface area (Å²) in [4.78, 5) is 19.8. The molecule has 2 heterocycles. The number of non-ortho nitro benzene ring substituents is 1. The van der Waals surface area contributed by atoms with Gasteiger partial charge in [0.15, 0.2) is 23.0 Å². The van der Waals surface area contributed by atoms with Gasteiger partial charge >= 0.3 is 0 Å². The largest absolute Gasteiger partial charge is 0.451 e. The molecule has 0 spiro atoms. The fourth-order valence-corrected chi connectivity index (χ4v) is 3.97. The lowest BCUT2D eigenvalue weighted by molar-refractivity contribution is -0.384. The zero-order valence-corrected chi connectivity index (χ0v) is 16.4. The molecule has 27 heavy (non-hydrogen) atoms. The number of nitrogens with zero attached hydrogens (tertiary/aromatic N) is 3. The Hall–Kier alpha value is -2.78. The van der Waals surface area contributed by atoms with Gasteiger partial charge in [-0.1, -0.05) is 12.1 Å². The van der Waals surface area contributed by atoms with Gasteiger partial charge in [-0.15, -0.1) is 0 Å². The molecular formula is C18H7Br2N3O4. The summed E-state index contributed by atoms with van der Waals surface area (Å²) in [5.74, 6) is 1.89. The van der Waals surface area contributed by atoms with E-state index in [1.54, 1.807) is 6.07 Å². The van der Waals surface area contributed by atoms with Gasteiger partial charge in [-0.05, 0) is 50.1 Å². The summed E-state index contributed by atoms with van der Waals surface area (Å²) in [6, 6.07) is 11.7. The molecule has 0 aliphatic carbocycles. The van der Waals surface area contributed by atoms with Crippen LogP contribution < -0.4 is 20.2 Å². The number of halogens is 2. The molecule has 2 aliphatic rings. The maximum Gasteiger partial charge on any atom is 0.273 e. The third-order valence-corrected chi connectivity index (χ3v) is 5.62. The maximum atomic E-state index is 11.0. The summed E-state index contributed by atoms with van der Waals surface area (Å²) < 4.78 is 13.1. The average molecular weight is 489 g/mol. The predicted molar refractivity (Wildman–Crippen MR) is 103 cm³/mol. The third-order valence-electron chi connectivity index (χ3n) is 4.15. The van der Waals surface area contributed by atoms with Crippen molar-refractivity contribution in [1.29, 1.82) is 0 Å². The molecule has 3 aromatic carbocycles. The first-order valence-electron chi connectivity index (χ1n) is 7.74.